The zero-order valence-corrected chi connectivity index (χ0v) is 21.1. The summed E-state index contributed by atoms with van der Waals surface area (Å²) in [5.41, 5.74) is 0.579. The van der Waals surface area contributed by atoms with Gasteiger partial charge in [0, 0.05) is 37.5 Å². The number of rotatable bonds is 6. The molecule has 2 aliphatic rings. The van der Waals surface area contributed by atoms with Crippen LogP contribution in [0.2, 0.25) is 0 Å². The SMILES string of the molecule is Cc1nsc(-c2nc(S(=O)(=O)OCC3CNC(=O)C3)c3n2CCN(C(=O)c2ccc(F)cc2)C3C)n1. The standard InChI is InChI=1S/C22H23FN6O5S2/c1-12-18-21(36(32,33)34-11-14-9-17(30)24-10-14)26-19(20-25-13(2)27-35-20)29(18)8-7-28(12)22(31)15-3-5-16(23)6-4-15/h3-6,12,14H,7-11H2,1-2H3,(H,24,30). The summed E-state index contributed by atoms with van der Waals surface area (Å²) in [5, 5.41) is 2.80. The Labute approximate surface area is 210 Å². The number of halogens is 1. The first-order chi connectivity index (χ1) is 17.1. The molecule has 4 heterocycles. The molecule has 2 atom stereocenters. The molecule has 0 bridgehead atoms. The van der Waals surface area contributed by atoms with Crippen molar-refractivity contribution in [2.75, 3.05) is 19.7 Å². The normalized spacial score (nSPS) is 19.9. The minimum absolute atomic E-state index is 0.155. The summed E-state index contributed by atoms with van der Waals surface area (Å²) in [4.78, 5) is 35.0. The highest BCUT2D eigenvalue weighted by molar-refractivity contribution is 7.86. The Morgan fingerprint density at radius 3 is 2.64 bits per heavy atom. The van der Waals surface area contributed by atoms with Crippen LogP contribution in [0.3, 0.4) is 0 Å². The van der Waals surface area contributed by atoms with Crippen molar-refractivity contribution in [2.24, 2.45) is 5.92 Å². The Hall–Kier alpha value is -3.23. The first-order valence-corrected chi connectivity index (χ1v) is 13.5. The van der Waals surface area contributed by atoms with Gasteiger partial charge >= 0.3 is 10.1 Å². The van der Waals surface area contributed by atoms with Crippen LogP contribution in [0.4, 0.5) is 4.39 Å². The molecule has 1 saturated heterocycles. The van der Waals surface area contributed by atoms with Gasteiger partial charge in [-0.15, -0.1) is 0 Å². The van der Waals surface area contributed by atoms with Crippen molar-refractivity contribution in [1.82, 2.24) is 29.1 Å². The summed E-state index contributed by atoms with van der Waals surface area (Å²) in [6.45, 7) is 4.14. The minimum atomic E-state index is -4.34. The number of hydrogen-bond acceptors (Lipinski definition) is 9. The number of fused-ring (bicyclic) bond motifs is 1. The summed E-state index contributed by atoms with van der Waals surface area (Å²) in [7, 11) is -4.34. The molecule has 1 fully saturated rings. The van der Waals surface area contributed by atoms with Gasteiger partial charge in [0.15, 0.2) is 10.8 Å². The Kier molecular flexibility index (Phi) is 6.34. The maximum atomic E-state index is 13.4. The van der Waals surface area contributed by atoms with Crippen LogP contribution in [0.1, 0.15) is 41.3 Å². The zero-order chi connectivity index (χ0) is 25.6. The maximum Gasteiger partial charge on any atom is 0.316 e. The molecule has 2 aliphatic heterocycles. The molecule has 14 heteroatoms. The van der Waals surface area contributed by atoms with E-state index in [4.69, 9.17) is 4.18 Å². The van der Waals surface area contributed by atoms with Gasteiger partial charge in [-0.1, -0.05) is 0 Å². The van der Waals surface area contributed by atoms with Gasteiger partial charge in [-0.3, -0.25) is 13.8 Å². The van der Waals surface area contributed by atoms with Crippen molar-refractivity contribution in [3.05, 3.63) is 47.2 Å². The molecule has 0 radical (unpaired) electrons. The Bertz CT molecular complexity index is 1440. The summed E-state index contributed by atoms with van der Waals surface area (Å²) in [6, 6.07) is 4.50. The highest BCUT2D eigenvalue weighted by atomic mass is 32.2. The van der Waals surface area contributed by atoms with Crippen LogP contribution >= 0.6 is 11.5 Å². The molecule has 0 saturated carbocycles. The molecule has 2 aromatic heterocycles. The minimum Gasteiger partial charge on any atom is -0.356 e. The quantitative estimate of drug-likeness (QED) is 0.474. The molecule has 2 amide bonds. The van der Waals surface area contributed by atoms with E-state index in [9.17, 15) is 22.4 Å². The summed E-state index contributed by atoms with van der Waals surface area (Å²) in [5.74, 6) is -0.386. The number of hydrogen-bond donors (Lipinski definition) is 1. The average molecular weight is 535 g/mol. The van der Waals surface area contributed by atoms with Crippen LogP contribution in [0.15, 0.2) is 29.3 Å². The molecular formula is C22H23FN6O5S2. The van der Waals surface area contributed by atoms with Crippen molar-refractivity contribution in [1.29, 1.82) is 0 Å². The molecule has 5 rings (SSSR count). The lowest BCUT2D eigenvalue weighted by molar-refractivity contribution is -0.119. The molecule has 36 heavy (non-hydrogen) atoms. The van der Waals surface area contributed by atoms with Crippen molar-refractivity contribution in [2.45, 2.75) is 37.9 Å². The fourth-order valence-electron chi connectivity index (χ4n) is 4.42. The lowest BCUT2D eigenvalue weighted by atomic mass is 10.1. The Morgan fingerprint density at radius 2 is 2.00 bits per heavy atom. The molecule has 3 aromatic rings. The number of amides is 2. The van der Waals surface area contributed by atoms with Crippen LogP contribution in [0, 0.1) is 18.7 Å². The van der Waals surface area contributed by atoms with Gasteiger partial charge in [-0.2, -0.15) is 12.8 Å². The second-order valence-electron chi connectivity index (χ2n) is 8.72. The molecule has 1 aromatic carbocycles. The van der Waals surface area contributed by atoms with E-state index >= 15 is 0 Å². The van der Waals surface area contributed by atoms with E-state index in [1.807, 2.05) is 0 Å². The van der Waals surface area contributed by atoms with E-state index in [-0.39, 0.29) is 54.4 Å². The third kappa shape index (κ3) is 4.51. The first kappa shape index (κ1) is 24.5. The molecule has 11 nitrogen and oxygen atoms in total. The van der Waals surface area contributed by atoms with Crippen LogP contribution in [-0.4, -0.2) is 63.7 Å². The van der Waals surface area contributed by atoms with Gasteiger partial charge in [-0.05, 0) is 49.6 Å². The van der Waals surface area contributed by atoms with E-state index in [1.54, 1.807) is 18.4 Å². The van der Waals surface area contributed by atoms with Gasteiger partial charge in [0.1, 0.15) is 11.6 Å². The summed E-state index contributed by atoms with van der Waals surface area (Å²) >= 11 is 1.10. The summed E-state index contributed by atoms with van der Waals surface area (Å²) < 4.78 is 51.3. The number of aromatic nitrogens is 4. The van der Waals surface area contributed by atoms with Crippen molar-refractivity contribution < 1.29 is 26.6 Å². The Morgan fingerprint density at radius 1 is 1.25 bits per heavy atom. The number of aryl methyl sites for hydroxylation is 1. The second-order valence-corrected chi connectivity index (χ2v) is 11.0. The molecule has 0 spiro atoms. The van der Waals surface area contributed by atoms with E-state index in [2.05, 4.69) is 19.7 Å². The van der Waals surface area contributed by atoms with Gasteiger partial charge < -0.3 is 14.8 Å². The molecular weight excluding hydrogens is 511 g/mol. The van der Waals surface area contributed by atoms with Gasteiger partial charge in [-0.25, -0.2) is 14.4 Å². The number of nitrogens with zero attached hydrogens (tertiary/aromatic N) is 5. The monoisotopic (exact) mass is 534 g/mol. The first-order valence-electron chi connectivity index (χ1n) is 11.3. The van der Waals surface area contributed by atoms with Crippen LogP contribution in [-0.2, 0) is 25.6 Å². The highest BCUT2D eigenvalue weighted by Gasteiger charge is 2.39. The highest BCUT2D eigenvalue weighted by Crippen LogP contribution is 2.37. The third-order valence-corrected chi connectivity index (χ3v) is 8.25. The van der Waals surface area contributed by atoms with E-state index < -0.39 is 22.0 Å². The maximum absolute atomic E-state index is 13.4. The molecule has 2 unspecified atom stereocenters. The third-order valence-electron chi connectivity index (χ3n) is 6.23. The number of carbonyl (C=O) groups excluding carboxylic acids is 2. The van der Waals surface area contributed by atoms with Gasteiger partial charge in [0.05, 0.1) is 18.3 Å². The predicted molar refractivity (Wildman–Crippen MR) is 126 cm³/mol. The van der Waals surface area contributed by atoms with E-state index in [0.29, 0.717) is 28.9 Å². The fourth-order valence-corrected chi connectivity index (χ4v) is 6.31. The zero-order valence-electron chi connectivity index (χ0n) is 19.5. The number of imidazole rings is 1. The van der Waals surface area contributed by atoms with Crippen LogP contribution < -0.4 is 5.32 Å². The second kappa shape index (κ2) is 9.33. The number of nitrogens with one attached hydrogen (secondary N) is 1. The van der Waals surface area contributed by atoms with Crippen molar-refractivity contribution in [3.8, 4) is 10.8 Å². The van der Waals surface area contributed by atoms with E-state index in [1.165, 1.54) is 29.2 Å². The molecule has 190 valence electrons. The smallest absolute Gasteiger partial charge is 0.316 e. The van der Waals surface area contributed by atoms with Gasteiger partial charge in [0.25, 0.3) is 5.91 Å². The number of benzene rings is 1. The summed E-state index contributed by atoms with van der Waals surface area (Å²) in [6.07, 6.45) is 0.183. The van der Waals surface area contributed by atoms with Crippen LogP contribution in [0.25, 0.3) is 10.8 Å². The van der Waals surface area contributed by atoms with Crippen LogP contribution in [0.5, 0.6) is 0 Å². The molecule has 1 N–H and O–H groups in total. The topological polar surface area (TPSA) is 136 Å². The largest absolute Gasteiger partial charge is 0.356 e. The predicted octanol–water partition coefficient (Wildman–Crippen LogP) is 1.91. The van der Waals surface area contributed by atoms with Crippen molar-refractivity contribution in [3.63, 3.8) is 0 Å². The lowest BCUT2D eigenvalue weighted by Crippen LogP contribution is -2.41. The Balaban J connectivity index is 1.52. The fraction of sp³-hybridized carbons (Fsp3) is 0.409. The van der Waals surface area contributed by atoms with Crippen molar-refractivity contribution >= 4 is 33.5 Å². The van der Waals surface area contributed by atoms with Gasteiger partial charge in [0.2, 0.25) is 10.9 Å². The average Bonchev–Trinajstić information content (AvgIpc) is 3.56. The lowest BCUT2D eigenvalue weighted by Gasteiger charge is -2.35. The molecule has 0 aliphatic carbocycles. The van der Waals surface area contributed by atoms with E-state index in [0.717, 1.165) is 11.5 Å². The number of carbonyl (C=O) groups is 2.